The maximum Gasteiger partial charge on any atom is 0.253 e. The summed E-state index contributed by atoms with van der Waals surface area (Å²) in [6.45, 7) is 0.601. The zero-order chi connectivity index (χ0) is 13.3. The topological polar surface area (TPSA) is 80.5 Å². The molecular weight excluding hydrogens is 320 g/mol. The molecule has 18 heavy (non-hydrogen) atoms. The van der Waals surface area contributed by atoms with Crippen molar-refractivity contribution in [3.05, 3.63) is 34.3 Å². The Labute approximate surface area is 114 Å². The quantitative estimate of drug-likeness (QED) is 0.875. The average molecular weight is 333 g/mol. The van der Waals surface area contributed by atoms with E-state index in [2.05, 4.69) is 15.9 Å². The van der Waals surface area contributed by atoms with Gasteiger partial charge in [0.2, 0.25) is 10.0 Å². The highest BCUT2D eigenvalue weighted by molar-refractivity contribution is 9.10. The van der Waals surface area contributed by atoms with Gasteiger partial charge >= 0.3 is 0 Å². The highest BCUT2D eigenvalue weighted by Gasteiger charge is 2.33. The molecule has 1 heterocycles. The molecular formula is C11H13BrN2O3S. The number of carbonyl (C=O) groups is 1. The van der Waals surface area contributed by atoms with Gasteiger partial charge in [-0.05, 0) is 30.7 Å². The molecule has 0 radical (unpaired) electrons. The van der Waals surface area contributed by atoms with E-state index in [9.17, 15) is 13.2 Å². The summed E-state index contributed by atoms with van der Waals surface area (Å²) in [5, 5.41) is 4.45. The number of nitrogens with zero attached hydrogens (tertiary/aromatic N) is 1. The van der Waals surface area contributed by atoms with Crippen LogP contribution in [-0.2, 0) is 10.0 Å². The highest BCUT2D eigenvalue weighted by atomic mass is 79.9. The summed E-state index contributed by atoms with van der Waals surface area (Å²) in [6.07, 6.45) is 0.404. The first-order valence-electron chi connectivity index (χ1n) is 5.44. The molecule has 2 rings (SSSR count). The van der Waals surface area contributed by atoms with Crippen molar-refractivity contribution >= 4 is 31.9 Å². The maximum absolute atomic E-state index is 12.1. The minimum absolute atomic E-state index is 0.159. The molecule has 7 heteroatoms. The summed E-state index contributed by atoms with van der Waals surface area (Å²) in [5.74, 6) is -0.159. The number of primary sulfonamides is 1. The minimum Gasteiger partial charge on any atom is -0.337 e. The number of sulfonamides is 1. The molecule has 0 aromatic heterocycles. The van der Waals surface area contributed by atoms with Crippen molar-refractivity contribution in [2.75, 3.05) is 13.1 Å². The number of hydrogen-bond donors (Lipinski definition) is 1. The Balaban J connectivity index is 2.10. The summed E-state index contributed by atoms with van der Waals surface area (Å²) < 4.78 is 23.3. The van der Waals surface area contributed by atoms with Crippen LogP contribution in [-0.4, -0.2) is 37.6 Å². The SMILES string of the molecule is NS(=O)(=O)[C@H]1CCN(C(=O)c2ccc(Br)cc2)C1. The molecule has 1 aliphatic rings. The van der Waals surface area contributed by atoms with Crippen LogP contribution in [0.4, 0.5) is 0 Å². The van der Waals surface area contributed by atoms with Crippen LogP contribution in [0, 0.1) is 0 Å². The van der Waals surface area contributed by atoms with Gasteiger partial charge in [0.05, 0.1) is 5.25 Å². The molecule has 1 fully saturated rings. The summed E-state index contributed by atoms with van der Waals surface area (Å²) in [4.78, 5) is 13.6. The molecule has 0 bridgehead atoms. The molecule has 0 aliphatic carbocycles. The van der Waals surface area contributed by atoms with Crippen LogP contribution in [0.1, 0.15) is 16.8 Å². The predicted molar refractivity (Wildman–Crippen MR) is 71.6 cm³/mol. The van der Waals surface area contributed by atoms with E-state index in [1.165, 1.54) is 4.90 Å². The summed E-state index contributed by atoms with van der Waals surface area (Å²) >= 11 is 3.29. The molecule has 1 aromatic rings. The Bertz CT molecular complexity index is 556. The summed E-state index contributed by atoms with van der Waals surface area (Å²) in [6, 6.07) is 6.97. The fourth-order valence-electron chi connectivity index (χ4n) is 1.96. The normalized spacial score (nSPS) is 20.1. The second-order valence-electron chi connectivity index (χ2n) is 4.26. The van der Waals surface area contributed by atoms with Crippen molar-refractivity contribution in [3.63, 3.8) is 0 Å². The van der Waals surface area contributed by atoms with Crippen molar-refractivity contribution in [1.82, 2.24) is 4.90 Å². The van der Waals surface area contributed by atoms with Crippen molar-refractivity contribution in [3.8, 4) is 0 Å². The Morgan fingerprint density at radius 1 is 1.33 bits per heavy atom. The van der Waals surface area contributed by atoms with Crippen LogP contribution in [0.3, 0.4) is 0 Å². The third kappa shape index (κ3) is 2.90. The summed E-state index contributed by atoms with van der Waals surface area (Å²) in [5.41, 5.74) is 0.549. The van der Waals surface area contributed by atoms with E-state index in [1.807, 2.05) is 0 Å². The van der Waals surface area contributed by atoms with Gasteiger partial charge in [0, 0.05) is 23.1 Å². The third-order valence-corrected chi connectivity index (χ3v) is 4.83. The Morgan fingerprint density at radius 3 is 2.44 bits per heavy atom. The van der Waals surface area contributed by atoms with Crippen LogP contribution >= 0.6 is 15.9 Å². The van der Waals surface area contributed by atoms with E-state index in [4.69, 9.17) is 5.14 Å². The molecule has 1 aromatic carbocycles. The van der Waals surface area contributed by atoms with Gasteiger partial charge in [-0.3, -0.25) is 4.79 Å². The number of carbonyl (C=O) groups excluding carboxylic acids is 1. The molecule has 0 spiro atoms. The second-order valence-corrected chi connectivity index (χ2v) is 7.02. The molecule has 98 valence electrons. The van der Waals surface area contributed by atoms with E-state index >= 15 is 0 Å². The number of rotatable bonds is 2. The summed E-state index contributed by atoms with van der Waals surface area (Å²) in [7, 11) is -3.56. The lowest BCUT2D eigenvalue weighted by Gasteiger charge is -2.16. The van der Waals surface area contributed by atoms with E-state index < -0.39 is 15.3 Å². The number of likely N-dealkylation sites (tertiary alicyclic amines) is 1. The van der Waals surface area contributed by atoms with Crippen LogP contribution in [0.5, 0.6) is 0 Å². The van der Waals surface area contributed by atoms with Gasteiger partial charge in [0.1, 0.15) is 0 Å². The van der Waals surface area contributed by atoms with E-state index in [0.29, 0.717) is 18.5 Å². The number of amides is 1. The smallest absolute Gasteiger partial charge is 0.253 e. The fraction of sp³-hybridized carbons (Fsp3) is 0.364. The largest absolute Gasteiger partial charge is 0.337 e. The number of nitrogens with two attached hydrogens (primary N) is 1. The van der Waals surface area contributed by atoms with Gasteiger partial charge < -0.3 is 4.90 Å². The van der Waals surface area contributed by atoms with E-state index in [0.717, 1.165) is 4.47 Å². The molecule has 5 nitrogen and oxygen atoms in total. The lowest BCUT2D eigenvalue weighted by atomic mass is 10.2. The maximum atomic E-state index is 12.1. The third-order valence-electron chi connectivity index (χ3n) is 2.99. The first-order valence-corrected chi connectivity index (χ1v) is 7.84. The Kier molecular flexibility index (Phi) is 3.74. The lowest BCUT2D eigenvalue weighted by Crippen LogP contribution is -2.34. The monoisotopic (exact) mass is 332 g/mol. The van der Waals surface area contributed by atoms with E-state index in [1.54, 1.807) is 24.3 Å². The Hall–Kier alpha value is -0.920. The van der Waals surface area contributed by atoms with Gasteiger partial charge in [0.15, 0.2) is 0 Å². The van der Waals surface area contributed by atoms with Gasteiger partial charge in [-0.15, -0.1) is 0 Å². The van der Waals surface area contributed by atoms with Crippen molar-refractivity contribution in [2.45, 2.75) is 11.7 Å². The molecule has 2 N–H and O–H groups in total. The average Bonchev–Trinajstić information content (AvgIpc) is 2.78. The fourth-order valence-corrected chi connectivity index (χ4v) is 3.04. The minimum atomic E-state index is -3.56. The predicted octanol–water partition coefficient (Wildman–Crippen LogP) is 0.952. The zero-order valence-corrected chi connectivity index (χ0v) is 11.9. The standard InChI is InChI=1S/C11H13BrN2O3S/c12-9-3-1-8(2-4-9)11(15)14-6-5-10(7-14)18(13,16)17/h1-4,10H,5-7H2,(H2,13,16,17)/t10-/m0/s1. The van der Waals surface area contributed by atoms with Crippen LogP contribution < -0.4 is 5.14 Å². The lowest BCUT2D eigenvalue weighted by molar-refractivity contribution is 0.0793. The molecule has 1 aliphatic heterocycles. The first-order chi connectivity index (χ1) is 8.38. The molecule has 1 amide bonds. The van der Waals surface area contributed by atoms with Gasteiger partial charge in [-0.1, -0.05) is 15.9 Å². The molecule has 0 unspecified atom stereocenters. The molecule has 0 saturated carbocycles. The number of hydrogen-bond acceptors (Lipinski definition) is 3. The zero-order valence-electron chi connectivity index (χ0n) is 9.54. The second kappa shape index (κ2) is 4.99. The first kappa shape index (κ1) is 13.5. The molecule has 1 atom stereocenters. The van der Waals surface area contributed by atoms with Crippen molar-refractivity contribution in [1.29, 1.82) is 0 Å². The van der Waals surface area contributed by atoms with Gasteiger partial charge in [0.25, 0.3) is 5.91 Å². The van der Waals surface area contributed by atoms with Crippen LogP contribution in [0.2, 0.25) is 0 Å². The van der Waals surface area contributed by atoms with Crippen molar-refractivity contribution in [2.24, 2.45) is 5.14 Å². The Morgan fingerprint density at radius 2 is 1.94 bits per heavy atom. The van der Waals surface area contributed by atoms with Gasteiger partial charge in [-0.2, -0.15) is 0 Å². The highest BCUT2D eigenvalue weighted by Crippen LogP contribution is 2.18. The van der Waals surface area contributed by atoms with Crippen molar-refractivity contribution < 1.29 is 13.2 Å². The van der Waals surface area contributed by atoms with E-state index in [-0.39, 0.29) is 12.5 Å². The van der Waals surface area contributed by atoms with Crippen LogP contribution in [0.15, 0.2) is 28.7 Å². The number of halogens is 1. The van der Waals surface area contributed by atoms with Crippen LogP contribution in [0.25, 0.3) is 0 Å². The molecule has 1 saturated heterocycles. The van der Waals surface area contributed by atoms with Gasteiger partial charge in [-0.25, -0.2) is 13.6 Å². The number of benzene rings is 1.